The summed E-state index contributed by atoms with van der Waals surface area (Å²) in [7, 11) is 0. The number of hydrogen-bond donors (Lipinski definition) is 0. The van der Waals surface area contributed by atoms with Crippen LogP contribution in [0.1, 0.15) is 26.7 Å². The van der Waals surface area contributed by atoms with Gasteiger partial charge in [0, 0.05) is 25.7 Å². The standard InChI is InChI=1S/C17H22O4/c1-8(18)20-7-14-12-6-13(17(14)21-9(2)19)16-11-4-3-10(5-11)15(12)16/h3-4,10-17H,5-7H2,1-2H3. The number of carbonyl (C=O) groups excluding carboxylic acids is 2. The van der Waals surface area contributed by atoms with Crippen molar-refractivity contribution in [2.24, 2.45) is 41.4 Å². The lowest BCUT2D eigenvalue weighted by Gasteiger charge is -2.40. The predicted molar refractivity (Wildman–Crippen MR) is 75.0 cm³/mol. The predicted octanol–water partition coefficient (Wildman–Crippen LogP) is 2.19. The molecule has 4 aliphatic rings. The molecule has 0 aromatic heterocycles. The highest BCUT2D eigenvalue weighted by molar-refractivity contribution is 5.66. The Morgan fingerprint density at radius 2 is 1.67 bits per heavy atom. The van der Waals surface area contributed by atoms with E-state index in [0.29, 0.717) is 36.2 Å². The van der Waals surface area contributed by atoms with Gasteiger partial charge in [0.15, 0.2) is 0 Å². The minimum atomic E-state index is -0.247. The quantitative estimate of drug-likeness (QED) is 0.454. The summed E-state index contributed by atoms with van der Waals surface area (Å²) in [5, 5.41) is 0. The molecule has 21 heavy (non-hydrogen) atoms. The molecule has 0 amide bonds. The van der Waals surface area contributed by atoms with E-state index in [1.54, 1.807) is 0 Å². The van der Waals surface area contributed by atoms with Gasteiger partial charge in [0.1, 0.15) is 6.10 Å². The first kappa shape index (κ1) is 13.4. The zero-order chi connectivity index (χ0) is 14.7. The number of allylic oxidation sites excluding steroid dienone is 2. The van der Waals surface area contributed by atoms with E-state index in [4.69, 9.17) is 9.47 Å². The maximum atomic E-state index is 11.5. The third-order valence-corrected chi connectivity index (χ3v) is 6.29. The van der Waals surface area contributed by atoms with E-state index in [0.717, 1.165) is 12.3 Å². The lowest BCUT2D eigenvalue weighted by atomic mass is 9.68. The molecule has 3 saturated carbocycles. The maximum absolute atomic E-state index is 11.5. The molecule has 4 nitrogen and oxygen atoms in total. The number of rotatable bonds is 3. The lowest BCUT2D eigenvalue weighted by Crippen LogP contribution is -2.44. The number of ether oxygens (including phenoxy) is 2. The highest BCUT2D eigenvalue weighted by Crippen LogP contribution is 2.67. The third-order valence-electron chi connectivity index (χ3n) is 6.29. The third kappa shape index (κ3) is 1.87. The van der Waals surface area contributed by atoms with Crippen LogP contribution in [0.3, 0.4) is 0 Å². The number of esters is 2. The van der Waals surface area contributed by atoms with Gasteiger partial charge in [-0.3, -0.25) is 9.59 Å². The van der Waals surface area contributed by atoms with E-state index in [-0.39, 0.29) is 24.0 Å². The second-order valence-corrected chi connectivity index (χ2v) is 7.21. The van der Waals surface area contributed by atoms with E-state index in [2.05, 4.69) is 12.2 Å². The van der Waals surface area contributed by atoms with Gasteiger partial charge in [-0.1, -0.05) is 12.2 Å². The fourth-order valence-corrected chi connectivity index (χ4v) is 5.91. The average Bonchev–Trinajstić information content (AvgIpc) is 3.13. The minimum Gasteiger partial charge on any atom is -0.465 e. The van der Waals surface area contributed by atoms with Crippen molar-refractivity contribution in [1.29, 1.82) is 0 Å². The summed E-state index contributed by atoms with van der Waals surface area (Å²) in [5.74, 6) is 3.53. The zero-order valence-electron chi connectivity index (χ0n) is 12.5. The molecule has 0 saturated heterocycles. The summed E-state index contributed by atoms with van der Waals surface area (Å²) in [6.07, 6.45) is 7.11. The molecule has 4 heteroatoms. The van der Waals surface area contributed by atoms with Crippen molar-refractivity contribution in [1.82, 2.24) is 0 Å². The molecule has 8 atom stereocenters. The Morgan fingerprint density at radius 3 is 2.29 bits per heavy atom. The first-order chi connectivity index (χ1) is 10.1. The Morgan fingerprint density at radius 1 is 1.00 bits per heavy atom. The molecule has 8 unspecified atom stereocenters. The van der Waals surface area contributed by atoms with Crippen LogP contribution < -0.4 is 0 Å². The summed E-state index contributed by atoms with van der Waals surface area (Å²) in [6.45, 7) is 3.32. The van der Waals surface area contributed by atoms with Gasteiger partial charge in [-0.25, -0.2) is 0 Å². The summed E-state index contributed by atoms with van der Waals surface area (Å²) in [5.41, 5.74) is 0. The van der Waals surface area contributed by atoms with Crippen LogP contribution in [0.4, 0.5) is 0 Å². The zero-order valence-corrected chi connectivity index (χ0v) is 12.5. The number of carbonyl (C=O) groups is 2. The van der Waals surface area contributed by atoms with Crippen molar-refractivity contribution in [3.8, 4) is 0 Å². The fraction of sp³-hybridized carbons (Fsp3) is 0.765. The van der Waals surface area contributed by atoms with E-state index in [1.165, 1.54) is 20.3 Å². The molecule has 3 fully saturated rings. The van der Waals surface area contributed by atoms with Crippen LogP contribution in [0.25, 0.3) is 0 Å². The molecule has 0 spiro atoms. The smallest absolute Gasteiger partial charge is 0.302 e. The normalized spacial score (nSPS) is 48.5. The van der Waals surface area contributed by atoms with Gasteiger partial charge >= 0.3 is 11.9 Å². The van der Waals surface area contributed by atoms with E-state index < -0.39 is 0 Å². The van der Waals surface area contributed by atoms with Gasteiger partial charge in [-0.15, -0.1) is 0 Å². The van der Waals surface area contributed by atoms with Crippen LogP contribution in [-0.2, 0) is 19.1 Å². The molecule has 4 bridgehead atoms. The van der Waals surface area contributed by atoms with Crippen molar-refractivity contribution < 1.29 is 19.1 Å². The first-order valence-electron chi connectivity index (χ1n) is 8.05. The van der Waals surface area contributed by atoms with Crippen molar-refractivity contribution in [2.75, 3.05) is 6.61 Å². The van der Waals surface area contributed by atoms with Gasteiger partial charge in [-0.2, -0.15) is 0 Å². The van der Waals surface area contributed by atoms with Crippen LogP contribution in [0.15, 0.2) is 12.2 Å². The molecule has 0 heterocycles. The van der Waals surface area contributed by atoms with Gasteiger partial charge in [0.2, 0.25) is 0 Å². The summed E-state index contributed by atoms with van der Waals surface area (Å²) in [4.78, 5) is 22.6. The molecule has 0 radical (unpaired) electrons. The van der Waals surface area contributed by atoms with Crippen molar-refractivity contribution in [3.05, 3.63) is 12.2 Å². The molecule has 0 aliphatic heterocycles. The molecule has 0 N–H and O–H groups in total. The van der Waals surface area contributed by atoms with Gasteiger partial charge in [0.25, 0.3) is 0 Å². The highest BCUT2D eigenvalue weighted by atomic mass is 16.6. The molecule has 0 aromatic rings. The van der Waals surface area contributed by atoms with Crippen LogP contribution in [0.2, 0.25) is 0 Å². The molecule has 4 rings (SSSR count). The monoisotopic (exact) mass is 290 g/mol. The van der Waals surface area contributed by atoms with Gasteiger partial charge in [-0.05, 0) is 42.4 Å². The fourth-order valence-electron chi connectivity index (χ4n) is 5.91. The van der Waals surface area contributed by atoms with E-state index in [1.807, 2.05) is 0 Å². The molecular formula is C17H22O4. The van der Waals surface area contributed by atoms with E-state index in [9.17, 15) is 9.59 Å². The topological polar surface area (TPSA) is 52.6 Å². The van der Waals surface area contributed by atoms with Crippen molar-refractivity contribution in [3.63, 3.8) is 0 Å². The SMILES string of the molecule is CC(=O)OCC1C2CC(C1OC(C)=O)C1C3C=CC(C3)C21. The molecule has 114 valence electrons. The summed E-state index contributed by atoms with van der Waals surface area (Å²) in [6, 6.07) is 0. The Balaban J connectivity index is 1.59. The molecule has 4 aliphatic carbocycles. The summed E-state index contributed by atoms with van der Waals surface area (Å²) >= 11 is 0. The van der Waals surface area contributed by atoms with Crippen LogP contribution in [0, 0.1) is 41.4 Å². The number of fused-ring (bicyclic) bond motifs is 9. The highest BCUT2D eigenvalue weighted by Gasteiger charge is 2.65. The van der Waals surface area contributed by atoms with Crippen LogP contribution >= 0.6 is 0 Å². The van der Waals surface area contributed by atoms with E-state index >= 15 is 0 Å². The Bertz CT molecular complexity index is 511. The summed E-state index contributed by atoms with van der Waals surface area (Å²) < 4.78 is 10.9. The Kier molecular flexibility index (Phi) is 2.92. The average molecular weight is 290 g/mol. The second-order valence-electron chi connectivity index (χ2n) is 7.21. The first-order valence-corrected chi connectivity index (χ1v) is 8.05. The lowest BCUT2D eigenvalue weighted by molar-refractivity contribution is -0.159. The molecule has 0 aromatic carbocycles. The maximum Gasteiger partial charge on any atom is 0.302 e. The minimum absolute atomic E-state index is 0.0548. The van der Waals surface area contributed by atoms with Gasteiger partial charge < -0.3 is 9.47 Å². The van der Waals surface area contributed by atoms with Crippen molar-refractivity contribution in [2.45, 2.75) is 32.8 Å². The Hall–Kier alpha value is -1.32. The second kappa shape index (κ2) is 4.59. The largest absolute Gasteiger partial charge is 0.465 e. The van der Waals surface area contributed by atoms with Crippen molar-refractivity contribution >= 4 is 11.9 Å². The van der Waals surface area contributed by atoms with Crippen LogP contribution in [0.5, 0.6) is 0 Å². The molecular weight excluding hydrogens is 268 g/mol. The van der Waals surface area contributed by atoms with Gasteiger partial charge in [0.05, 0.1) is 6.61 Å². The Labute approximate surface area is 124 Å². The van der Waals surface area contributed by atoms with Crippen LogP contribution in [-0.4, -0.2) is 24.6 Å². The number of hydrogen-bond acceptors (Lipinski definition) is 4.